The molecule has 2 aromatic rings. The maximum Gasteiger partial charge on any atom is 0.323 e. The summed E-state index contributed by atoms with van der Waals surface area (Å²) in [7, 11) is 0. The van der Waals surface area contributed by atoms with E-state index in [-0.39, 0.29) is 48.5 Å². The van der Waals surface area contributed by atoms with Gasteiger partial charge in [0.1, 0.15) is 18.2 Å². The summed E-state index contributed by atoms with van der Waals surface area (Å²) >= 11 is 0. The molecule has 0 saturated carbocycles. The number of ether oxygens (including phenoxy) is 1. The quantitative estimate of drug-likeness (QED) is 0.776. The Bertz CT molecular complexity index is 849. The first-order chi connectivity index (χ1) is 13.4. The third kappa shape index (κ3) is 4.92. The van der Waals surface area contributed by atoms with Crippen LogP contribution in [-0.2, 0) is 20.7 Å². The lowest BCUT2D eigenvalue weighted by molar-refractivity contribution is -0.147. The number of nitrogens with zero attached hydrogens (tertiary/aromatic N) is 2. The summed E-state index contributed by atoms with van der Waals surface area (Å²) in [5, 5.41) is 9.11. The Balaban J connectivity index is 1.64. The van der Waals surface area contributed by atoms with E-state index in [1.54, 1.807) is 0 Å². The summed E-state index contributed by atoms with van der Waals surface area (Å²) in [5.41, 5.74) is 0.0705. The van der Waals surface area contributed by atoms with Crippen LogP contribution in [0.4, 0.5) is 8.78 Å². The van der Waals surface area contributed by atoms with Gasteiger partial charge in [-0.15, -0.1) is 0 Å². The van der Waals surface area contributed by atoms with Gasteiger partial charge in [0, 0.05) is 38.2 Å². The van der Waals surface area contributed by atoms with Crippen molar-refractivity contribution in [3.05, 3.63) is 41.9 Å². The van der Waals surface area contributed by atoms with Crippen molar-refractivity contribution in [3.8, 4) is 11.3 Å². The summed E-state index contributed by atoms with van der Waals surface area (Å²) in [6.45, 7) is 0.599. The number of carboxylic acid groups (broad SMARTS) is 1. The SMILES string of the molecule is O=C(O)CN(C(=O)CCc1ncc(-c2ccc(F)cc2F)o1)C1CCOCC1. The van der Waals surface area contributed by atoms with Crippen molar-refractivity contribution in [2.45, 2.75) is 31.7 Å². The molecule has 1 aliphatic rings. The van der Waals surface area contributed by atoms with E-state index in [2.05, 4.69) is 4.98 Å². The third-order valence-electron chi connectivity index (χ3n) is 4.56. The van der Waals surface area contributed by atoms with Crippen LogP contribution in [0.3, 0.4) is 0 Å². The molecule has 1 amide bonds. The number of halogens is 2. The minimum Gasteiger partial charge on any atom is -0.480 e. The van der Waals surface area contributed by atoms with Crippen LogP contribution in [0.15, 0.2) is 28.8 Å². The summed E-state index contributed by atoms with van der Waals surface area (Å²) in [6, 6.07) is 2.94. The van der Waals surface area contributed by atoms with Crippen molar-refractivity contribution in [1.82, 2.24) is 9.88 Å². The molecule has 9 heteroatoms. The van der Waals surface area contributed by atoms with E-state index in [9.17, 15) is 18.4 Å². The number of hydrogen-bond donors (Lipinski definition) is 1. The van der Waals surface area contributed by atoms with Gasteiger partial charge in [-0.3, -0.25) is 9.59 Å². The van der Waals surface area contributed by atoms with E-state index < -0.39 is 17.6 Å². The van der Waals surface area contributed by atoms with Crippen molar-refractivity contribution < 1.29 is 32.6 Å². The van der Waals surface area contributed by atoms with Gasteiger partial charge in [-0.2, -0.15) is 0 Å². The van der Waals surface area contributed by atoms with Gasteiger partial charge in [-0.05, 0) is 25.0 Å². The third-order valence-corrected chi connectivity index (χ3v) is 4.56. The number of carboxylic acids is 1. The summed E-state index contributed by atoms with van der Waals surface area (Å²) in [4.78, 5) is 29.1. The number of amides is 1. The lowest BCUT2D eigenvalue weighted by atomic mass is 10.1. The minimum absolute atomic E-state index is 0.0104. The normalized spacial score (nSPS) is 14.8. The van der Waals surface area contributed by atoms with Crippen molar-refractivity contribution in [1.29, 1.82) is 0 Å². The maximum atomic E-state index is 13.8. The fraction of sp³-hybridized carbons (Fsp3) is 0.421. The van der Waals surface area contributed by atoms with Crippen LogP contribution in [0.25, 0.3) is 11.3 Å². The van der Waals surface area contributed by atoms with E-state index >= 15 is 0 Å². The first-order valence-corrected chi connectivity index (χ1v) is 8.93. The molecule has 1 saturated heterocycles. The topological polar surface area (TPSA) is 92.9 Å². The zero-order valence-electron chi connectivity index (χ0n) is 15.1. The summed E-state index contributed by atoms with van der Waals surface area (Å²) in [6.07, 6.45) is 2.64. The highest BCUT2D eigenvalue weighted by atomic mass is 19.1. The van der Waals surface area contributed by atoms with E-state index in [0.29, 0.717) is 26.1 Å². The van der Waals surface area contributed by atoms with Crippen LogP contribution in [0.5, 0.6) is 0 Å². The second kappa shape index (κ2) is 8.92. The van der Waals surface area contributed by atoms with Gasteiger partial charge in [0.15, 0.2) is 11.7 Å². The number of benzene rings is 1. The predicted octanol–water partition coefficient (Wildman–Crippen LogP) is 2.64. The molecule has 0 aliphatic carbocycles. The van der Waals surface area contributed by atoms with E-state index in [1.807, 2.05) is 0 Å². The van der Waals surface area contributed by atoms with Gasteiger partial charge < -0.3 is 19.2 Å². The Morgan fingerprint density at radius 2 is 2.00 bits per heavy atom. The Labute approximate surface area is 159 Å². The Morgan fingerprint density at radius 1 is 1.25 bits per heavy atom. The zero-order valence-corrected chi connectivity index (χ0v) is 15.1. The lowest BCUT2D eigenvalue weighted by Crippen LogP contribution is -2.46. The van der Waals surface area contributed by atoms with Crippen LogP contribution in [-0.4, -0.2) is 52.7 Å². The first-order valence-electron chi connectivity index (χ1n) is 8.93. The Kier molecular flexibility index (Phi) is 6.35. The highest BCUT2D eigenvalue weighted by molar-refractivity contribution is 5.81. The maximum absolute atomic E-state index is 13.8. The van der Waals surface area contributed by atoms with Gasteiger partial charge in [-0.1, -0.05) is 0 Å². The second-order valence-corrected chi connectivity index (χ2v) is 6.50. The van der Waals surface area contributed by atoms with Crippen LogP contribution in [0.1, 0.15) is 25.2 Å². The number of rotatable bonds is 7. The fourth-order valence-corrected chi connectivity index (χ4v) is 3.16. The van der Waals surface area contributed by atoms with Gasteiger partial charge in [-0.25, -0.2) is 13.8 Å². The molecule has 1 aromatic carbocycles. The number of aryl methyl sites for hydroxylation is 1. The van der Waals surface area contributed by atoms with Crippen LogP contribution >= 0.6 is 0 Å². The first kappa shape index (κ1) is 19.9. The number of aliphatic carboxylic acids is 1. The van der Waals surface area contributed by atoms with E-state index in [0.717, 1.165) is 12.1 Å². The molecule has 1 aliphatic heterocycles. The molecule has 150 valence electrons. The molecule has 28 heavy (non-hydrogen) atoms. The molecule has 1 N–H and O–H groups in total. The average molecular weight is 394 g/mol. The monoisotopic (exact) mass is 394 g/mol. The summed E-state index contributed by atoms with van der Waals surface area (Å²) in [5.74, 6) is -2.52. The largest absolute Gasteiger partial charge is 0.480 e. The van der Waals surface area contributed by atoms with Crippen LogP contribution < -0.4 is 0 Å². The lowest BCUT2D eigenvalue weighted by Gasteiger charge is -2.33. The molecule has 0 spiro atoms. The number of oxazole rings is 1. The second-order valence-electron chi connectivity index (χ2n) is 6.50. The number of carbonyl (C=O) groups is 2. The van der Waals surface area contributed by atoms with Crippen molar-refractivity contribution in [3.63, 3.8) is 0 Å². The summed E-state index contributed by atoms with van der Waals surface area (Å²) < 4.78 is 37.6. The van der Waals surface area contributed by atoms with Gasteiger partial charge in [0.25, 0.3) is 0 Å². The number of hydrogen-bond acceptors (Lipinski definition) is 5. The molecule has 0 radical (unpaired) electrons. The van der Waals surface area contributed by atoms with Gasteiger partial charge in [0.2, 0.25) is 5.91 Å². The molecule has 2 heterocycles. The molecule has 0 unspecified atom stereocenters. The number of aromatic nitrogens is 1. The van der Waals surface area contributed by atoms with Crippen molar-refractivity contribution >= 4 is 11.9 Å². The van der Waals surface area contributed by atoms with Gasteiger partial charge in [0.05, 0.1) is 11.8 Å². The highest BCUT2D eigenvalue weighted by Gasteiger charge is 2.27. The van der Waals surface area contributed by atoms with Crippen LogP contribution in [0.2, 0.25) is 0 Å². The predicted molar refractivity (Wildman–Crippen MR) is 93.4 cm³/mol. The standard InChI is InChI=1S/C19H20F2N2O5/c20-12-1-2-14(15(21)9-12)16-10-22-17(28-16)3-4-18(24)23(11-19(25)26)13-5-7-27-8-6-13/h1-2,9-10,13H,3-8,11H2,(H,25,26). The molecule has 0 bridgehead atoms. The van der Waals surface area contributed by atoms with Crippen LogP contribution in [0, 0.1) is 11.6 Å². The smallest absolute Gasteiger partial charge is 0.323 e. The Hall–Kier alpha value is -2.81. The molecular weight excluding hydrogens is 374 g/mol. The van der Waals surface area contributed by atoms with E-state index in [4.69, 9.17) is 14.3 Å². The van der Waals surface area contributed by atoms with E-state index in [1.165, 1.54) is 17.2 Å². The molecule has 1 aromatic heterocycles. The van der Waals surface area contributed by atoms with Gasteiger partial charge >= 0.3 is 5.97 Å². The fourth-order valence-electron chi connectivity index (χ4n) is 3.16. The zero-order chi connectivity index (χ0) is 20.1. The molecular formula is C19H20F2N2O5. The Morgan fingerprint density at radius 3 is 2.68 bits per heavy atom. The molecule has 1 fully saturated rings. The highest BCUT2D eigenvalue weighted by Crippen LogP contribution is 2.25. The van der Waals surface area contributed by atoms with Crippen molar-refractivity contribution in [2.24, 2.45) is 0 Å². The number of carbonyl (C=O) groups excluding carboxylic acids is 1. The molecule has 0 atom stereocenters. The minimum atomic E-state index is -1.08. The molecule has 7 nitrogen and oxygen atoms in total. The van der Waals surface area contributed by atoms with Crippen molar-refractivity contribution in [2.75, 3.05) is 19.8 Å². The average Bonchev–Trinajstić information content (AvgIpc) is 3.13. The molecule has 3 rings (SSSR count).